The summed E-state index contributed by atoms with van der Waals surface area (Å²) in [5, 5.41) is 3.51. The first-order chi connectivity index (χ1) is 8.77. The summed E-state index contributed by atoms with van der Waals surface area (Å²) in [6.45, 7) is 2.36. The second-order valence-electron chi connectivity index (χ2n) is 4.67. The van der Waals surface area contributed by atoms with Crippen LogP contribution in [0.4, 0.5) is 4.39 Å². The topological polar surface area (TPSA) is 21.3 Å². The van der Waals surface area contributed by atoms with Gasteiger partial charge in [-0.3, -0.25) is 0 Å². The van der Waals surface area contributed by atoms with Crippen LogP contribution in [0, 0.1) is 5.82 Å². The van der Waals surface area contributed by atoms with Crippen molar-refractivity contribution in [2.75, 3.05) is 13.2 Å². The molecule has 0 aliphatic carbocycles. The van der Waals surface area contributed by atoms with Gasteiger partial charge in [0.2, 0.25) is 0 Å². The highest BCUT2D eigenvalue weighted by molar-refractivity contribution is 6.31. The summed E-state index contributed by atoms with van der Waals surface area (Å²) in [7, 11) is 0. The lowest BCUT2D eigenvalue weighted by molar-refractivity contribution is 0.0115. The molecular formula is C14H19ClFNO. The second-order valence-corrected chi connectivity index (χ2v) is 5.04. The monoisotopic (exact) mass is 271 g/mol. The largest absolute Gasteiger partial charge is 0.378 e. The van der Waals surface area contributed by atoms with Crippen molar-refractivity contribution in [2.24, 2.45) is 0 Å². The lowest BCUT2D eigenvalue weighted by Crippen LogP contribution is -2.25. The first-order valence-electron chi connectivity index (χ1n) is 6.52. The van der Waals surface area contributed by atoms with E-state index in [1.165, 1.54) is 18.9 Å². The Hall–Kier alpha value is -0.640. The molecule has 1 aromatic carbocycles. The Morgan fingerprint density at radius 1 is 1.39 bits per heavy atom. The van der Waals surface area contributed by atoms with Gasteiger partial charge < -0.3 is 10.1 Å². The smallest absolute Gasteiger partial charge is 0.142 e. The number of hydrogen-bond donors (Lipinski definition) is 1. The van der Waals surface area contributed by atoms with E-state index in [9.17, 15) is 4.39 Å². The van der Waals surface area contributed by atoms with Crippen molar-refractivity contribution < 1.29 is 9.13 Å². The molecule has 0 saturated carbocycles. The summed E-state index contributed by atoms with van der Waals surface area (Å²) in [4.78, 5) is 0. The molecule has 1 fully saturated rings. The molecule has 1 aliphatic rings. The highest BCUT2D eigenvalue weighted by Crippen LogP contribution is 2.19. The molecule has 2 rings (SSSR count). The van der Waals surface area contributed by atoms with Gasteiger partial charge in [-0.15, -0.1) is 0 Å². The number of benzene rings is 1. The van der Waals surface area contributed by atoms with Gasteiger partial charge in [-0.05, 0) is 43.9 Å². The Balaban J connectivity index is 1.70. The third kappa shape index (κ3) is 3.94. The first-order valence-corrected chi connectivity index (χ1v) is 6.90. The Labute approximate surface area is 112 Å². The zero-order valence-corrected chi connectivity index (χ0v) is 11.2. The molecule has 0 radical (unpaired) electrons. The molecule has 1 saturated heterocycles. The van der Waals surface area contributed by atoms with Gasteiger partial charge in [-0.25, -0.2) is 4.39 Å². The molecule has 0 amide bonds. The number of nitrogens with one attached hydrogen (secondary N) is 1. The van der Waals surface area contributed by atoms with Crippen LogP contribution in [0.5, 0.6) is 0 Å². The van der Waals surface area contributed by atoms with Crippen LogP contribution in [0.3, 0.4) is 0 Å². The Kier molecular flexibility index (Phi) is 5.42. The van der Waals surface area contributed by atoms with Crippen molar-refractivity contribution in [1.82, 2.24) is 5.32 Å². The molecule has 2 nitrogen and oxygen atoms in total. The van der Waals surface area contributed by atoms with Gasteiger partial charge in [-0.2, -0.15) is 0 Å². The third-order valence-electron chi connectivity index (χ3n) is 3.26. The van der Waals surface area contributed by atoms with Crippen LogP contribution in [0.15, 0.2) is 18.2 Å². The Morgan fingerprint density at radius 2 is 2.28 bits per heavy atom. The fraction of sp³-hybridized carbons (Fsp3) is 0.571. The summed E-state index contributed by atoms with van der Waals surface area (Å²) in [6, 6.07) is 4.90. The highest BCUT2D eigenvalue weighted by atomic mass is 35.5. The van der Waals surface area contributed by atoms with Crippen molar-refractivity contribution >= 4 is 11.6 Å². The van der Waals surface area contributed by atoms with Crippen LogP contribution in [0.1, 0.15) is 31.2 Å². The van der Waals surface area contributed by atoms with Gasteiger partial charge in [-0.1, -0.05) is 23.7 Å². The van der Waals surface area contributed by atoms with E-state index in [1.54, 1.807) is 6.07 Å². The average Bonchev–Trinajstić information content (AvgIpc) is 2.40. The van der Waals surface area contributed by atoms with Gasteiger partial charge in [0, 0.05) is 13.2 Å². The maximum Gasteiger partial charge on any atom is 0.142 e. The lowest BCUT2D eigenvalue weighted by atomic mass is 10.1. The molecule has 1 aromatic rings. The number of hydrogen-bond acceptors (Lipinski definition) is 2. The number of ether oxygens (including phenoxy) is 1. The normalized spacial score (nSPS) is 20.0. The van der Waals surface area contributed by atoms with Crippen molar-refractivity contribution in [2.45, 2.75) is 38.3 Å². The molecule has 1 heterocycles. The highest BCUT2D eigenvalue weighted by Gasteiger charge is 2.13. The van der Waals surface area contributed by atoms with Gasteiger partial charge in [0.25, 0.3) is 0 Å². The summed E-state index contributed by atoms with van der Waals surface area (Å²) >= 11 is 5.88. The maximum atomic E-state index is 13.2. The first kappa shape index (κ1) is 13.8. The minimum Gasteiger partial charge on any atom is -0.378 e. The van der Waals surface area contributed by atoms with Gasteiger partial charge >= 0.3 is 0 Å². The van der Waals surface area contributed by atoms with Crippen LogP contribution in [0.25, 0.3) is 0 Å². The predicted molar refractivity (Wildman–Crippen MR) is 71.3 cm³/mol. The number of rotatable bonds is 5. The zero-order chi connectivity index (χ0) is 12.8. The third-order valence-corrected chi connectivity index (χ3v) is 3.69. The fourth-order valence-corrected chi connectivity index (χ4v) is 2.40. The van der Waals surface area contributed by atoms with E-state index < -0.39 is 0 Å². The SMILES string of the molecule is Fc1cccc(CNCCC2CCCCO2)c1Cl. The molecule has 0 spiro atoms. The molecule has 1 N–H and O–H groups in total. The molecule has 1 aliphatic heterocycles. The quantitative estimate of drug-likeness (QED) is 0.828. The van der Waals surface area contributed by atoms with Crippen LogP contribution in [-0.2, 0) is 11.3 Å². The molecule has 4 heteroatoms. The summed E-state index contributed by atoms with van der Waals surface area (Å²) in [5.74, 6) is -0.355. The number of halogens is 2. The molecule has 0 bridgehead atoms. The van der Waals surface area contributed by atoms with E-state index in [-0.39, 0.29) is 10.8 Å². The minimum absolute atomic E-state index is 0.221. The van der Waals surface area contributed by atoms with Gasteiger partial charge in [0.1, 0.15) is 5.82 Å². The van der Waals surface area contributed by atoms with Crippen LogP contribution in [0.2, 0.25) is 5.02 Å². The van der Waals surface area contributed by atoms with Gasteiger partial charge in [0.05, 0.1) is 11.1 Å². The predicted octanol–water partition coefficient (Wildman–Crippen LogP) is 3.53. The van der Waals surface area contributed by atoms with E-state index in [1.807, 2.05) is 6.07 Å². The second kappa shape index (κ2) is 7.07. The minimum atomic E-state index is -0.355. The van der Waals surface area contributed by atoms with E-state index in [4.69, 9.17) is 16.3 Å². The lowest BCUT2D eigenvalue weighted by Gasteiger charge is -2.22. The van der Waals surface area contributed by atoms with Crippen LogP contribution >= 0.6 is 11.6 Å². The fourth-order valence-electron chi connectivity index (χ4n) is 2.21. The van der Waals surface area contributed by atoms with Crippen LogP contribution in [-0.4, -0.2) is 19.3 Å². The molecule has 0 aromatic heterocycles. The molecule has 100 valence electrons. The standard InChI is InChI=1S/C14H19ClFNO/c15-14-11(4-3-6-13(14)16)10-17-8-7-12-5-1-2-9-18-12/h3-4,6,12,17H,1-2,5,7-10H2. The van der Waals surface area contributed by atoms with E-state index in [0.717, 1.165) is 31.6 Å². The van der Waals surface area contributed by atoms with Crippen molar-refractivity contribution in [1.29, 1.82) is 0 Å². The van der Waals surface area contributed by atoms with E-state index >= 15 is 0 Å². The molecule has 1 unspecified atom stereocenters. The van der Waals surface area contributed by atoms with E-state index in [2.05, 4.69) is 5.32 Å². The summed E-state index contributed by atoms with van der Waals surface area (Å²) in [5.41, 5.74) is 0.807. The summed E-state index contributed by atoms with van der Waals surface area (Å²) < 4.78 is 18.8. The maximum absolute atomic E-state index is 13.2. The van der Waals surface area contributed by atoms with Crippen molar-refractivity contribution in [3.05, 3.63) is 34.6 Å². The summed E-state index contributed by atoms with van der Waals surface area (Å²) in [6.07, 6.45) is 4.99. The Morgan fingerprint density at radius 3 is 3.06 bits per heavy atom. The van der Waals surface area contributed by atoms with Gasteiger partial charge in [0.15, 0.2) is 0 Å². The average molecular weight is 272 g/mol. The molecule has 1 atom stereocenters. The molecule has 18 heavy (non-hydrogen) atoms. The van der Waals surface area contributed by atoms with Crippen molar-refractivity contribution in [3.8, 4) is 0 Å². The van der Waals surface area contributed by atoms with Crippen molar-refractivity contribution in [3.63, 3.8) is 0 Å². The zero-order valence-electron chi connectivity index (χ0n) is 10.4. The Bertz CT molecular complexity index is 380. The van der Waals surface area contributed by atoms with Crippen LogP contribution < -0.4 is 5.32 Å². The van der Waals surface area contributed by atoms with E-state index in [0.29, 0.717) is 12.6 Å². The molecular weight excluding hydrogens is 253 g/mol.